The first-order chi connectivity index (χ1) is 16.1. The molecule has 1 aromatic carbocycles. The van der Waals surface area contributed by atoms with Crippen LogP contribution in [0.2, 0.25) is 0 Å². The molecule has 1 aliphatic carbocycles. The zero-order valence-corrected chi connectivity index (χ0v) is 19.8. The van der Waals surface area contributed by atoms with Crippen molar-refractivity contribution in [2.24, 2.45) is 5.92 Å². The average molecular weight is 466 g/mol. The van der Waals surface area contributed by atoms with Crippen molar-refractivity contribution in [2.45, 2.75) is 75.7 Å². The summed E-state index contributed by atoms with van der Waals surface area (Å²) >= 11 is 1.39. The van der Waals surface area contributed by atoms with Gasteiger partial charge in [0.25, 0.3) is 5.56 Å². The third-order valence-corrected chi connectivity index (χ3v) is 9.25. The van der Waals surface area contributed by atoms with Crippen LogP contribution in [-0.4, -0.2) is 44.8 Å². The van der Waals surface area contributed by atoms with E-state index in [1.165, 1.54) is 37.0 Å². The molecule has 2 aromatic heterocycles. The number of aromatic nitrogens is 2. The van der Waals surface area contributed by atoms with Gasteiger partial charge in [0.1, 0.15) is 22.9 Å². The Bertz CT molecular complexity index is 1180. The van der Waals surface area contributed by atoms with E-state index in [0.29, 0.717) is 28.2 Å². The third-order valence-electron chi connectivity index (χ3n) is 8.07. The maximum Gasteiger partial charge on any atom is 0.275 e. The van der Waals surface area contributed by atoms with Crippen LogP contribution < -0.4 is 10.3 Å². The Kier molecular flexibility index (Phi) is 5.51. The predicted molar refractivity (Wildman–Crippen MR) is 130 cm³/mol. The number of piperidine rings is 1. The average Bonchev–Trinajstić information content (AvgIpc) is 3.54. The number of benzene rings is 1. The van der Waals surface area contributed by atoms with Gasteiger partial charge >= 0.3 is 0 Å². The summed E-state index contributed by atoms with van der Waals surface area (Å²) in [6.45, 7) is 0. The number of fused-ring (bicyclic) bond motifs is 3. The highest BCUT2D eigenvalue weighted by molar-refractivity contribution is 7.19. The fourth-order valence-electron chi connectivity index (χ4n) is 6.10. The molecule has 0 radical (unpaired) electrons. The molecule has 3 fully saturated rings. The van der Waals surface area contributed by atoms with Crippen molar-refractivity contribution < 1.29 is 9.84 Å². The molecule has 4 heterocycles. The van der Waals surface area contributed by atoms with Crippen molar-refractivity contribution in [1.29, 1.82) is 0 Å². The summed E-state index contributed by atoms with van der Waals surface area (Å²) < 4.78 is 8.49. The van der Waals surface area contributed by atoms with E-state index in [0.717, 1.165) is 42.0 Å². The highest BCUT2D eigenvalue weighted by Crippen LogP contribution is 2.39. The van der Waals surface area contributed by atoms with Crippen LogP contribution in [-0.2, 0) is 0 Å². The summed E-state index contributed by atoms with van der Waals surface area (Å²) in [6.07, 6.45) is 10.6. The summed E-state index contributed by atoms with van der Waals surface area (Å²) in [5.41, 5.74) is 1.36. The van der Waals surface area contributed by atoms with Gasteiger partial charge in [0.05, 0.1) is 17.3 Å². The quantitative estimate of drug-likeness (QED) is 0.593. The Labute approximate surface area is 197 Å². The summed E-state index contributed by atoms with van der Waals surface area (Å²) in [4.78, 5) is 21.1. The molecule has 0 spiro atoms. The van der Waals surface area contributed by atoms with Gasteiger partial charge in [-0.1, -0.05) is 12.8 Å². The molecule has 1 saturated carbocycles. The van der Waals surface area contributed by atoms with Crippen molar-refractivity contribution >= 4 is 21.6 Å². The standard InChI is InChI=1S/C26H31N3O3S/c1-28-18-6-7-19(28)13-21(12-18)32-20-10-8-17(9-11-20)29-15-27-22-14-23(33-25(22)26(29)31)24(30)16-4-2-3-5-16/h8-11,14-16,18-19,21,24,30H,2-7,12-13H2,1H3/t18-,19+,21+,24?. The second kappa shape index (κ2) is 8.53. The zero-order valence-electron chi connectivity index (χ0n) is 19.0. The Hall–Kier alpha value is -2.22. The summed E-state index contributed by atoms with van der Waals surface area (Å²) in [5, 5.41) is 10.8. The molecule has 1 unspecified atom stereocenters. The number of nitrogens with zero attached hydrogens (tertiary/aromatic N) is 3. The van der Waals surface area contributed by atoms with E-state index in [2.05, 4.69) is 16.9 Å². The van der Waals surface area contributed by atoms with Crippen molar-refractivity contribution in [3.8, 4) is 11.4 Å². The lowest BCUT2D eigenvalue weighted by atomic mass is 10.00. The van der Waals surface area contributed by atoms with Crippen LogP contribution in [0.4, 0.5) is 0 Å². The molecule has 2 aliphatic heterocycles. The number of aliphatic hydroxyl groups excluding tert-OH is 1. The van der Waals surface area contributed by atoms with Crippen molar-refractivity contribution in [1.82, 2.24) is 14.5 Å². The minimum atomic E-state index is -0.495. The fourth-order valence-corrected chi connectivity index (χ4v) is 7.22. The van der Waals surface area contributed by atoms with Crippen molar-refractivity contribution in [3.05, 3.63) is 51.9 Å². The minimum Gasteiger partial charge on any atom is -0.490 e. The van der Waals surface area contributed by atoms with Gasteiger partial charge in [-0.25, -0.2) is 4.98 Å². The number of rotatable bonds is 5. The fraction of sp³-hybridized carbons (Fsp3) is 0.538. The highest BCUT2D eigenvalue weighted by Gasteiger charge is 2.39. The molecule has 0 amide bonds. The molecular formula is C26H31N3O3S. The number of hydrogen-bond acceptors (Lipinski definition) is 6. The lowest BCUT2D eigenvalue weighted by Gasteiger charge is -2.36. The lowest BCUT2D eigenvalue weighted by Crippen LogP contribution is -2.43. The number of hydrogen-bond donors (Lipinski definition) is 1. The Morgan fingerprint density at radius 3 is 2.48 bits per heavy atom. The summed E-state index contributed by atoms with van der Waals surface area (Å²) in [5.74, 6) is 1.15. The van der Waals surface area contributed by atoms with Gasteiger partial charge in [0, 0.05) is 17.0 Å². The van der Waals surface area contributed by atoms with E-state index < -0.39 is 6.10 Å². The van der Waals surface area contributed by atoms with Gasteiger partial charge in [-0.3, -0.25) is 9.36 Å². The van der Waals surface area contributed by atoms with Gasteiger partial charge in [-0.05, 0) is 81.8 Å². The second-order valence-corrected chi connectivity index (χ2v) is 11.1. The normalized spacial score (nSPS) is 26.8. The van der Waals surface area contributed by atoms with Crippen molar-refractivity contribution in [3.63, 3.8) is 0 Å². The zero-order chi connectivity index (χ0) is 22.5. The number of ether oxygens (including phenoxy) is 1. The highest BCUT2D eigenvalue weighted by atomic mass is 32.1. The van der Waals surface area contributed by atoms with Gasteiger partial charge in [0.15, 0.2) is 0 Å². The Morgan fingerprint density at radius 2 is 1.79 bits per heavy atom. The lowest BCUT2D eigenvalue weighted by molar-refractivity contribution is 0.0662. The molecule has 3 aliphatic rings. The molecule has 4 atom stereocenters. The molecule has 3 aromatic rings. The van der Waals surface area contributed by atoms with Crippen LogP contribution in [0.15, 0.2) is 41.5 Å². The van der Waals surface area contributed by atoms with E-state index in [9.17, 15) is 9.90 Å². The molecule has 7 heteroatoms. The summed E-state index contributed by atoms with van der Waals surface area (Å²) in [6, 6.07) is 10.9. The van der Waals surface area contributed by atoms with E-state index in [-0.39, 0.29) is 11.7 Å². The topological polar surface area (TPSA) is 67.6 Å². The molecule has 6 nitrogen and oxygen atoms in total. The molecule has 174 valence electrons. The van der Waals surface area contributed by atoms with Crippen LogP contribution >= 0.6 is 11.3 Å². The molecular weight excluding hydrogens is 434 g/mol. The largest absolute Gasteiger partial charge is 0.490 e. The van der Waals surface area contributed by atoms with Gasteiger partial charge in [0.2, 0.25) is 0 Å². The molecule has 1 N–H and O–H groups in total. The third kappa shape index (κ3) is 3.90. The van der Waals surface area contributed by atoms with Crippen molar-refractivity contribution in [2.75, 3.05) is 7.05 Å². The van der Waals surface area contributed by atoms with Gasteiger partial charge < -0.3 is 14.7 Å². The molecule has 2 saturated heterocycles. The van der Waals surface area contributed by atoms with Crippen LogP contribution in [0.3, 0.4) is 0 Å². The first-order valence-electron chi connectivity index (χ1n) is 12.2. The first-order valence-corrected chi connectivity index (χ1v) is 13.1. The van der Waals surface area contributed by atoms with Crippen LogP contribution in [0.1, 0.15) is 62.3 Å². The van der Waals surface area contributed by atoms with E-state index >= 15 is 0 Å². The number of aliphatic hydroxyl groups is 1. The van der Waals surface area contributed by atoms with E-state index in [1.807, 2.05) is 30.3 Å². The maximum absolute atomic E-state index is 13.2. The van der Waals surface area contributed by atoms with Crippen LogP contribution in [0.25, 0.3) is 15.9 Å². The Morgan fingerprint density at radius 1 is 1.09 bits per heavy atom. The van der Waals surface area contributed by atoms with Gasteiger partial charge in [-0.2, -0.15) is 0 Å². The second-order valence-electron chi connectivity index (χ2n) is 10.0. The maximum atomic E-state index is 13.2. The Balaban J connectivity index is 1.21. The first kappa shape index (κ1) is 21.3. The van der Waals surface area contributed by atoms with Crippen LogP contribution in [0, 0.1) is 5.92 Å². The predicted octanol–water partition coefficient (Wildman–Crippen LogP) is 4.67. The monoisotopic (exact) mass is 465 g/mol. The van der Waals surface area contributed by atoms with Crippen LogP contribution in [0.5, 0.6) is 5.75 Å². The van der Waals surface area contributed by atoms with E-state index in [1.54, 1.807) is 10.9 Å². The summed E-state index contributed by atoms with van der Waals surface area (Å²) in [7, 11) is 2.24. The molecule has 2 bridgehead atoms. The van der Waals surface area contributed by atoms with E-state index in [4.69, 9.17) is 4.74 Å². The number of thiophene rings is 1. The van der Waals surface area contributed by atoms with Gasteiger partial charge in [-0.15, -0.1) is 11.3 Å². The SMILES string of the molecule is CN1[C@@H]2CC[C@H]1C[C@@H](Oc1ccc(-n3cnc4cc(C(O)C5CCCC5)sc4c3=O)cc1)C2. The minimum absolute atomic E-state index is 0.0876. The smallest absolute Gasteiger partial charge is 0.275 e. The molecule has 33 heavy (non-hydrogen) atoms. The molecule has 6 rings (SSSR count).